The average molecular weight is 370 g/mol. The van der Waals surface area contributed by atoms with E-state index < -0.39 is 17.5 Å². The monoisotopic (exact) mass is 369 g/mol. The lowest BCUT2D eigenvalue weighted by Gasteiger charge is -2.08. The van der Waals surface area contributed by atoms with Crippen molar-refractivity contribution >= 4 is 47.1 Å². The van der Waals surface area contributed by atoms with E-state index in [1.807, 2.05) is 0 Å². The Hall–Kier alpha value is -2.51. The fraction of sp³-hybridized carbons (Fsp3) is 0.0667. The van der Waals surface area contributed by atoms with Crippen molar-refractivity contribution in [2.24, 2.45) is 4.99 Å². The Labute approximate surface area is 146 Å². The Bertz CT molecular complexity index is 826. The second-order valence-electron chi connectivity index (χ2n) is 4.31. The molecule has 6 nitrogen and oxygen atoms in total. The van der Waals surface area contributed by atoms with Gasteiger partial charge in [-0.1, -0.05) is 23.2 Å². The maximum absolute atomic E-state index is 13.6. The molecule has 24 heavy (non-hydrogen) atoms. The van der Waals surface area contributed by atoms with Crippen LogP contribution in [0.15, 0.2) is 41.2 Å². The van der Waals surface area contributed by atoms with Crippen LogP contribution >= 0.6 is 23.2 Å². The highest BCUT2D eigenvalue weighted by Crippen LogP contribution is 2.29. The average Bonchev–Trinajstić information content (AvgIpc) is 2.58. The van der Waals surface area contributed by atoms with Gasteiger partial charge in [-0.05, 0) is 18.2 Å². The lowest BCUT2D eigenvalue weighted by Crippen LogP contribution is -2.09. The number of hydrogen-bond acceptors (Lipinski definition) is 6. The summed E-state index contributed by atoms with van der Waals surface area (Å²) >= 11 is 11.5. The zero-order chi connectivity index (χ0) is 17.7. The number of ether oxygens (including phenoxy) is 1. The summed E-state index contributed by atoms with van der Waals surface area (Å²) in [4.78, 5) is 23.4. The fourth-order valence-electron chi connectivity index (χ4n) is 1.65. The van der Waals surface area contributed by atoms with Crippen LogP contribution in [0.2, 0.25) is 10.0 Å². The molecule has 0 aliphatic rings. The first-order chi connectivity index (χ1) is 11.4. The van der Waals surface area contributed by atoms with Gasteiger partial charge in [0.1, 0.15) is 17.1 Å². The van der Waals surface area contributed by atoms with Crippen molar-refractivity contribution < 1.29 is 19.0 Å². The highest BCUT2D eigenvalue weighted by molar-refractivity contribution is 6.36. The molecule has 0 fully saturated rings. The second kappa shape index (κ2) is 7.85. The highest BCUT2D eigenvalue weighted by Gasteiger charge is 2.19. The van der Waals surface area contributed by atoms with Crippen LogP contribution in [0, 0.1) is 5.82 Å². The van der Waals surface area contributed by atoms with Gasteiger partial charge in [0.25, 0.3) is 0 Å². The number of nitrogens with zero attached hydrogens (tertiary/aromatic N) is 3. The number of carbonyl (C=O) groups excluding carboxylic acids is 1. The molecule has 2 aromatic rings. The third-order valence-electron chi connectivity index (χ3n) is 2.79. The van der Waals surface area contributed by atoms with E-state index in [4.69, 9.17) is 23.2 Å². The van der Waals surface area contributed by atoms with Crippen molar-refractivity contribution in [2.75, 3.05) is 7.11 Å². The molecule has 0 saturated heterocycles. The molecule has 1 aromatic carbocycles. The third kappa shape index (κ3) is 4.06. The minimum Gasteiger partial charge on any atom is -0.506 e. The maximum Gasteiger partial charge on any atom is 0.343 e. The molecule has 0 radical (unpaired) electrons. The number of methoxy groups -OCH3 is 1. The van der Waals surface area contributed by atoms with Crippen molar-refractivity contribution in [1.29, 1.82) is 0 Å². The van der Waals surface area contributed by atoms with E-state index in [0.717, 1.165) is 25.5 Å². The smallest absolute Gasteiger partial charge is 0.343 e. The number of carbonyl (C=O) groups is 1. The molecule has 0 atom stereocenters. The van der Waals surface area contributed by atoms with Crippen molar-refractivity contribution in [3.8, 4) is 0 Å². The molecule has 0 bridgehead atoms. The van der Waals surface area contributed by atoms with Crippen LogP contribution in [0.5, 0.6) is 0 Å². The molecule has 0 aliphatic heterocycles. The topological polar surface area (TPSA) is 84.7 Å². The standard InChI is InChI=1S/C15H10Cl2FN3O3/c1-24-14(23)9(7-21-15-19-3-2-4-20-15)13(22)8-5-12(18)11(17)6-10(8)16/h2-7,22H,1H3/b13-9+,21-7+. The maximum atomic E-state index is 13.6. The van der Waals surface area contributed by atoms with Gasteiger partial charge in [-0.2, -0.15) is 0 Å². The summed E-state index contributed by atoms with van der Waals surface area (Å²) in [6.45, 7) is 0. The Morgan fingerprint density at radius 1 is 1.29 bits per heavy atom. The van der Waals surface area contributed by atoms with Crippen LogP contribution in [-0.2, 0) is 9.53 Å². The summed E-state index contributed by atoms with van der Waals surface area (Å²) < 4.78 is 18.2. The highest BCUT2D eigenvalue weighted by atomic mass is 35.5. The quantitative estimate of drug-likeness (QED) is 0.291. The van der Waals surface area contributed by atoms with Gasteiger partial charge in [0, 0.05) is 24.2 Å². The molecule has 0 aliphatic carbocycles. The summed E-state index contributed by atoms with van der Waals surface area (Å²) in [6, 6.07) is 3.59. The van der Waals surface area contributed by atoms with E-state index >= 15 is 0 Å². The van der Waals surface area contributed by atoms with Crippen molar-refractivity contribution in [2.45, 2.75) is 0 Å². The number of aliphatic imine (C=N–C) groups is 1. The zero-order valence-corrected chi connectivity index (χ0v) is 13.7. The minimum atomic E-state index is -0.904. The number of rotatable bonds is 4. The Morgan fingerprint density at radius 3 is 2.58 bits per heavy atom. The first-order valence-electron chi connectivity index (χ1n) is 6.41. The third-order valence-corrected chi connectivity index (χ3v) is 3.39. The zero-order valence-electron chi connectivity index (χ0n) is 12.2. The molecule has 1 heterocycles. The molecule has 9 heteroatoms. The van der Waals surface area contributed by atoms with Crippen molar-refractivity contribution in [3.05, 3.63) is 57.6 Å². The van der Waals surface area contributed by atoms with Gasteiger partial charge in [-0.3, -0.25) is 0 Å². The molecule has 124 valence electrons. The van der Waals surface area contributed by atoms with E-state index in [0.29, 0.717) is 0 Å². The molecular weight excluding hydrogens is 360 g/mol. The number of benzene rings is 1. The largest absolute Gasteiger partial charge is 0.506 e. The molecule has 1 N–H and O–H groups in total. The Morgan fingerprint density at radius 2 is 1.96 bits per heavy atom. The predicted molar refractivity (Wildman–Crippen MR) is 88.2 cm³/mol. The number of hydrogen-bond donors (Lipinski definition) is 1. The SMILES string of the molecule is COC(=O)C(/C=N/c1ncccn1)=C(/O)c1cc(F)c(Cl)cc1Cl. The van der Waals surface area contributed by atoms with Gasteiger partial charge in [0.2, 0.25) is 5.95 Å². The number of aromatic nitrogens is 2. The van der Waals surface area contributed by atoms with Crippen LogP contribution < -0.4 is 0 Å². The van der Waals surface area contributed by atoms with E-state index in [9.17, 15) is 14.3 Å². The molecule has 1 aromatic heterocycles. The summed E-state index contributed by atoms with van der Waals surface area (Å²) in [5.41, 5.74) is -0.493. The van der Waals surface area contributed by atoms with Crippen molar-refractivity contribution in [3.63, 3.8) is 0 Å². The predicted octanol–water partition coefficient (Wildman–Crippen LogP) is 3.77. The van der Waals surface area contributed by atoms with Gasteiger partial charge in [-0.25, -0.2) is 24.1 Å². The van der Waals surface area contributed by atoms with Crippen LogP contribution in [-0.4, -0.2) is 34.4 Å². The fourth-order valence-corrected chi connectivity index (χ4v) is 2.12. The summed E-state index contributed by atoms with van der Waals surface area (Å²) in [5, 5.41) is 10.0. The van der Waals surface area contributed by atoms with Crippen LogP contribution in [0.1, 0.15) is 5.56 Å². The van der Waals surface area contributed by atoms with E-state index in [2.05, 4.69) is 19.7 Å². The van der Waals surface area contributed by atoms with Gasteiger partial charge in [0.05, 0.1) is 17.2 Å². The Kier molecular flexibility index (Phi) is 5.83. The van der Waals surface area contributed by atoms with Gasteiger partial charge >= 0.3 is 5.97 Å². The van der Waals surface area contributed by atoms with Crippen LogP contribution in [0.25, 0.3) is 5.76 Å². The minimum absolute atomic E-state index is 0.0512. The van der Waals surface area contributed by atoms with Crippen molar-refractivity contribution in [1.82, 2.24) is 9.97 Å². The lowest BCUT2D eigenvalue weighted by molar-refractivity contribution is -0.135. The second-order valence-corrected chi connectivity index (χ2v) is 5.12. The number of aliphatic hydroxyl groups is 1. The van der Waals surface area contributed by atoms with E-state index in [-0.39, 0.29) is 27.1 Å². The molecule has 2 rings (SSSR count). The molecular formula is C15H10Cl2FN3O3. The summed E-state index contributed by atoms with van der Waals surface area (Å²) in [7, 11) is 1.12. The number of halogens is 3. The lowest BCUT2D eigenvalue weighted by atomic mass is 10.1. The number of aliphatic hydroxyl groups excluding tert-OH is 1. The van der Waals surface area contributed by atoms with Gasteiger partial charge < -0.3 is 9.84 Å². The Balaban J connectivity index is 2.53. The first kappa shape index (κ1) is 17.8. The summed E-state index contributed by atoms with van der Waals surface area (Å²) in [6.07, 6.45) is 3.90. The number of esters is 1. The van der Waals surface area contributed by atoms with Crippen LogP contribution in [0.3, 0.4) is 0 Å². The molecule has 0 amide bonds. The summed E-state index contributed by atoms with van der Waals surface area (Å²) in [5.74, 6) is -2.28. The van der Waals surface area contributed by atoms with E-state index in [1.165, 1.54) is 12.4 Å². The normalized spacial score (nSPS) is 12.2. The molecule has 0 unspecified atom stereocenters. The molecule has 0 spiro atoms. The van der Waals surface area contributed by atoms with E-state index in [1.54, 1.807) is 6.07 Å². The van der Waals surface area contributed by atoms with Gasteiger partial charge in [0.15, 0.2) is 0 Å². The van der Waals surface area contributed by atoms with Gasteiger partial charge in [-0.15, -0.1) is 0 Å². The van der Waals surface area contributed by atoms with Crippen LogP contribution in [0.4, 0.5) is 10.3 Å². The first-order valence-corrected chi connectivity index (χ1v) is 7.17. The molecule has 0 saturated carbocycles.